The van der Waals surface area contributed by atoms with Gasteiger partial charge in [0, 0.05) is 24.7 Å². The van der Waals surface area contributed by atoms with Gasteiger partial charge in [0.2, 0.25) is 0 Å². The van der Waals surface area contributed by atoms with Crippen molar-refractivity contribution in [3.8, 4) is 0 Å². The number of carbonyl (C=O) groups excluding carboxylic acids is 1. The number of likely N-dealkylation sites (tertiary alicyclic amines) is 1. The van der Waals surface area contributed by atoms with Crippen LogP contribution in [0.15, 0.2) is 24.3 Å². The van der Waals surface area contributed by atoms with Crippen LogP contribution in [-0.4, -0.2) is 23.4 Å². The molecule has 3 nitrogen and oxygen atoms in total. The monoisotopic (exact) mass is 282 g/mol. The van der Waals surface area contributed by atoms with E-state index >= 15 is 0 Å². The molecule has 0 aliphatic carbocycles. The molecule has 2 rings (SSSR count). The SMILES string of the molecule is CC1CCCN(C(=O)c2ccc(CN)cc2)C1C.Cl. The van der Waals surface area contributed by atoms with Crippen molar-refractivity contribution in [3.63, 3.8) is 0 Å². The molecule has 0 aromatic heterocycles. The van der Waals surface area contributed by atoms with Crippen molar-refractivity contribution in [2.24, 2.45) is 11.7 Å². The Kier molecular flexibility index (Phi) is 5.83. The summed E-state index contributed by atoms with van der Waals surface area (Å²) in [6, 6.07) is 7.98. The number of carbonyl (C=O) groups is 1. The average Bonchev–Trinajstić information content (AvgIpc) is 2.41. The summed E-state index contributed by atoms with van der Waals surface area (Å²) in [4.78, 5) is 14.5. The van der Waals surface area contributed by atoms with Gasteiger partial charge in [-0.2, -0.15) is 0 Å². The maximum atomic E-state index is 12.4. The molecule has 1 aliphatic rings. The van der Waals surface area contributed by atoms with Crippen molar-refractivity contribution >= 4 is 18.3 Å². The standard InChI is InChI=1S/C15H22N2O.ClH/c1-11-4-3-9-17(12(11)2)15(18)14-7-5-13(10-16)6-8-14;/h5-8,11-12H,3-4,9-10,16H2,1-2H3;1H. The van der Waals surface area contributed by atoms with Crippen molar-refractivity contribution in [3.05, 3.63) is 35.4 Å². The molecule has 0 spiro atoms. The molecular formula is C15H23ClN2O. The number of piperidine rings is 1. The van der Waals surface area contributed by atoms with E-state index in [1.54, 1.807) is 0 Å². The molecule has 2 atom stereocenters. The summed E-state index contributed by atoms with van der Waals surface area (Å²) >= 11 is 0. The first-order valence-corrected chi connectivity index (χ1v) is 6.73. The van der Waals surface area contributed by atoms with Gasteiger partial charge in [-0.1, -0.05) is 19.1 Å². The van der Waals surface area contributed by atoms with Crippen LogP contribution in [-0.2, 0) is 6.54 Å². The van der Waals surface area contributed by atoms with Crippen molar-refractivity contribution in [1.82, 2.24) is 4.90 Å². The summed E-state index contributed by atoms with van der Waals surface area (Å²) in [6.45, 7) is 5.77. The fraction of sp³-hybridized carbons (Fsp3) is 0.533. The smallest absolute Gasteiger partial charge is 0.254 e. The third-order valence-corrected chi connectivity index (χ3v) is 4.07. The summed E-state index contributed by atoms with van der Waals surface area (Å²) in [7, 11) is 0. The number of rotatable bonds is 2. The highest BCUT2D eigenvalue weighted by Gasteiger charge is 2.28. The van der Waals surface area contributed by atoms with Gasteiger partial charge >= 0.3 is 0 Å². The molecule has 0 radical (unpaired) electrons. The highest BCUT2D eigenvalue weighted by molar-refractivity contribution is 5.94. The fourth-order valence-corrected chi connectivity index (χ4v) is 2.57. The highest BCUT2D eigenvalue weighted by Crippen LogP contribution is 2.24. The van der Waals surface area contributed by atoms with Crippen LogP contribution in [0.25, 0.3) is 0 Å². The van der Waals surface area contributed by atoms with Gasteiger partial charge in [-0.25, -0.2) is 0 Å². The van der Waals surface area contributed by atoms with Crippen molar-refractivity contribution in [1.29, 1.82) is 0 Å². The van der Waals surface area contributed by atoms with Crippen LogP contribution in [0.1, 0.15) is 42.6 Å². The Balaban J connectivity index is 0.00000180. The second kappa shape index (κ2) is 6.92. The van der Waals surface area contributed by atoms with Crippen LogP contribution in [0.5, 0.6) is 0 Å². The molecule has 1 fully saturated rings. The van der Waals surface area contributed by atoms with Gasteiger partial charge in [0.1, 0.15) is 0 Å². The Morgan fingerprint density at radius 3 is 2.53 bits per heavy atom. The molecule has 2 unspecified atom stereocenters. The fourth-order valence-electron chi connectivity index (χ4n) is 2.57. The Bertz CT molecular complexity index is 419. The van der Waals surface area contributed by atoms with Gasteiger partial charge in [0.25, 0.3) is 5.91 Å². The van der Waals surface area contributed by atoms with Crippen molar-refractivity contribution in [2.45, 2.75) is 39.3 Å². The molecule has 1 saturated heterocycles. The van der Waals surface area contributed by atoms with Crippen LogP contribution >= 0.6 is 12.4 Å². The van der Waals surface area contributed by atoms with Crippen molar-refractivity contribution < 1.29 is 4.79 Å². The van der Waals surface area contributed by atoms with E-state index in [0.29, 0.717) is 18.5 Å². The van der Waals surface area contributed by atoms with Gasteiger partial charge in [-0.3, -0.25) is 4.79 Å². The Labute approximate surface area is 121 Å². The van der Waals surface area contributed by atoms with E-state index in [0.717, 1.165) is 24.1 Å². The number of nitrogens with two attached hydrogens (primary N) is 1. The van der Waals surface area contributed by atoms with Crippen LogP contribution in [0.3, 0.4) is 0 Å². The minimum absolute atomic E-state index is 0. The zero-order valence-corrected chi connectivity index (χ0v) is 12.5. The van der Waals surface area contributed by atoms with E-state index in [1.807, 2.05) is 29.2 Å². The van der Waals surface area contributed by atoms with E-state index < -0.39 is 0 Å². The first-order chi connectivity index (χ1) is 8.63. The van der Waals surface area contributed by atoms with Crippen LogP contribution in [0, 0.1) is 5.92 Å². The summed E-state index contributed by atoms with van der Waals surface area (Å²) in [5.41, 5.74) is 7.40. The molecule has 1 heterocycles. The minimum atomic E-state index is 0. The number of nitrogens with zero attached hydrogens (tertiary/aromatic N) is 1. The summed E-state index contributed by atoms with van der Waals surface area (Å²) in [6.07, 6.45) is 2.33. The van der Waals surface area contributed by atoms with E-state index in [1.165, 1.54) is 6.42 Å². The molecule has 1 aromatic rings. The van der Waals surface area contributed by atoms with Gasteiger partial charge in [0.15, 0.2) is 0 Å². The van der Waals surface area contributed by atoms with Crippen LogP contribution in [0.4, 0.5) is 0 Å². The molecule has 2 N–H and O–H groups in total. The molecule has 0 bridgehead atoms. The van der Waals surface area contributed by atoms with Crippen LogP contribution in [0.2, 0.25) is 0 Å². The number of benzene rings is 1. The predicted molar refractivity (Wildman–Crippen MR) is 80.5 cm³/mol. The lowest BCUT2D eigenvalue weighted by Gasteiger charge is -2.38. The first kappa shape index (κ1) is 16.0. The third kappa shape index (κ3) is 3.48. The van der Waals surface area contributed by atoms with Gasteiger partial charge in [0.05, 0.1) is 0 Å². The van der Waals surface area contributed by atoms with Gasteiger partial charge in [-0.15, -0.1) is 12.4 Å². The molecular weight excluding hydrogens is 260 g/mol. The topological polar surface area (TPSA) is 46.3 Å². The van der Waals surface area contributed by atoms with Gasteiger partial charge < -0.3 is 10.6 Å². The number of hydrogen-bond acceptors (Lipinski definition) is 2. The number of hydrogen-bond donors (Lipinski definition) is 1. The number of amides is 1. The molecule has 106 valence electrons. The second-order valence-corrected chi connectivity index (χ2v) is 5.26. The normalized spacial score (nSPS) is 22.8. The summed E-state index contributed by atoms with van der Waals surface area (Å²) in [5.74, 6) is 0.739. The largest absolute Gasteiger partial charge is 0.336 e. The first-order valence-electron chi connectivity index (χ1n) is 6.73. The molecule has 19 heavy (non-hydrogen) atoms. The molecule has 1 aliphatic heterocycles. The molecule has 1 amide bonds. The van der Waals surface area contributed by atoms with E-state index in [2.05, 4.69) is 13.8 Å². The Morgan fingerprint density at radius 1 is 1.32 bits per heavy atom. The molecule has 4 heteroatoms. The lowest BCUT2D eigenvalue weighted by molar-refractivity contribution is 0.0551. The van der Waals surface area contributed by atoms with Crippen molar-refractivity contribution in [2.75, 3.05) is 6.54 Å². The zero-order valence-electron chi connectivity index (χ0n) is 11.6. The maximum Gasteiger partial charge on any atom is 0.254 e. The predicted octanol–water partition coefficient (Wildman–Crippen LogP) is 2.83. The van der Waals surface area contributed by atoms with E-state index in [4.69, 9.17) is 5.73 Å². The Morgan fingerprint density at radius 2 is 1.95 bits per heavy atom. The van der Waals surface area contributed by atoms with E-state index in [9.17, 15) is 4.79 Å². The number of halogens is 1. The van der Waals surface area contributed by atoms with Crippen LogP contribution < -0.4 is 5.73 Å². The zero-order chi connectivity index (χ0) is 13.1. The maximum absolute atomic E-state index is 12.4. The summed E-state index contributed by atoms with van der Waals surface area (Å²) < 4.78 is 0. The molecule has 1 aromatic carbocycles. The summed E-state index contributed by atoms with van der Waals surface area (Å²) in [5, 5.41) is 0. The third-order valence-electron chi connectivity index (χ3n) is 4.07. The quantitative estimate of drug-likeness (QED) is 0.907. The minimum Gasteiger partial charge on any atom is -0.336 e. The average molecular weight is 283 g/mol. The lowest BCUT2D eigenvalue weighted by Crippen LogP contribution is -2.46. The lowest BCUT2D eigenvalue weighted by atomic mass is 9.91. The molecule has 0 saturated carbocycles. The Hall–Kier alpha value is -1.06. The second-order valence-electron chi connectivity index (χ2n) is 5.26. The van der Waals surface area contributed by atoms with E-state index in [-0.39, 0.29) is 18.3 Å². The highest BCUT2D eigenvalue weighted by atomic mass is 35.5. The van der Waals surface area contributed by atoms with Gasteiger partial charge in [-0.05, 0) is 43.4 Å².